The van der Waals surface area contributed by atoms with Crippen LogP contribution in [0.3, 0.4) is 0 Å². The zero-order valence-corrected chi connectivity index (χ0v) is 19.6. The van der Waals surface area contributed by atoms with Gasteiger partial charge in [-0.25, -0.2) is 4.98 Å². The normalized spacial score (nSPS) is 14.6. The third-order valence-corrected chi connectivity index (χ3v) is 6.57. The van der Waals surface area contributed by atoms with Gasteiger partial charge in [-0.2, -0.15) is 5.10 Å². The molecule has 3 N–H and O–H groups in total. The molecule has 0 radical (unpaired) electrons. The lowest BCUT2D eigenvalue weighted by atomic mass is 9.87. The molecule has 0 unspecified atom stereocenters. The molecule has 0 aliphatic heterocycles. The number of aryl methyl sites for hydroxylation is 1. The van der Waals surface area contributed by atoms with Crippen molar-refractivity contribution in [3.05, 3.63) is 78.9 Å². The lowest BCUT2D eigenvalue weighted by Crippen LogP contribution is -2.14. The number of anilines is 1. The molecule has 172 valence electrons. The third-order valence-electron chi connectivity index (χ3n) is 6.57. The summed E-state index contributed by atoms with van der Waals surface area (Å²) in [6.07, 6.45) is 15.7. The van der Waals surface area contributed by atoms with E-state index in [1.807, 2.05) is 43.6 Å². The minimum atomic E-state index is 0.538. The van der Waals surface area contributed by atoms with Crippen molar-refractivity contribution in [3.63, 3.8) is 0 Å². The highest BCUT2D eigenvalue weighted by Crippen LogP contribution is 2.31. The second kappa shape index (κ2) is 9.51. The molecule has 1 fully saturated rings. The fourth-order valence-electron chi connectivity index (χ4n) is 4.68. The Morgan fingerprint density at radius 1 is 1.15 bits per heavy atom. The number of hydrogen-bond donors (Lipinski definition) is 3. The van der Waals surface area contributed by atoms with Crippen LogP contribution in [0.25, 0.3) is 39.8 Å². The summed E-state index contributed by atoms with van der Waals surface area (Å²) in [5.41, 5.74) is 9.44. The smallest absolute Gasteiger partial charge is 0.135 e. The number of nitrogens with one attached hydrogen (secondary N) is 3. The predicted octanol–water partition coefficient (Wildman–Crippen LogP) is 7.03. The van der Waals surface area contributed by atoms with Crippen molar-refractivity contribution in [3.8, 4) is 22.6 Å². The minimum absolute atomic E-state index is 0.538. The molecule has 4 heterocycles. The van der Waals surface area contributed by atoms with Crippen molar-refractivity contribution in [1.82, 2.24) is 25.1 Å². The van der Waals surface area contributed by atoms with E-state index in [0.717, 1.165) is 56.3 Å². The standard InChI is InChI=1S/C28H30N6/c1-4-5-9-21-15-26(31-19(21)3)28-27-25(33-34-28)13-12-24(32-27)22-14-23(17-29-16-22)30-18(2)20-10-7-6-8-11-20/h4-5,9,12-17,20,30-31H,1-2,6-8,10-11H2,3H3,(H,33,34)/b9-5-. The van der Waals surface area contributed by atoms with Gasteiger partial charge in [-0.05, 0) is 55.5 Å². The number of aromatic nitrogens is 5. The van der Waals surface area contributed by atoms with Gasteiger partial charge < -0.3 is 10.3 Å². The summed E-state index contributed by atoms with van der Waals surface area (Å²) in [7, 11) is 0. The summed E-state index contributed by atoms with van der Waals surface area (Å²) in [6, 6.07) is 8.19. The molecule has 34 heavy (non-hydrogen) atoms. The number of rotatable bonds is 7. The van der Waals surface area contributed by atoms with Gasteiger partial charge in [0.15, 0.2) is 0 Å². The van der Waals surface area contributed by atoms with Crippen LogP contribution in [0.1, 0.15) is 43.4 Å². The second-order valence-electron chi connectivity index (χ2n) is 8.97. The van der Waals surface area contributed by atoms with Gasteiger partial charge in [0, 0.05) is 23.2 Å². The van der Waals surface area contributed by atoms with Crippen LogP contribution in [-0.2, 0) is 0 Å². The van der Waals surface area contributed by atoms with E-state index in [1.165, 1.54) is 32.1 Å². The molecule has 6 heteroatoms. The molecule has 0 saturated heterocycles. The van der Waals surface area contributed by atoms with E-state index in [2.05, 4.69) is 50.8 Å². The van der Waals surface area contributed by atoms with E-state index < -0.39 is 0 Å². The van der Waals surface area contributed by atoms with E-state index in [1.54, 1.807) is 6.08 Å². The maximum absolute atomic E-state index is 4.95. The quantitative estimate of drug-likeness (QED) is 0.264. The summed E-state index contributed by atoms with van der Waals surface area (Å²) in [4.78, 5) is 12.8. The summed E-state index contributed by atoms with van der Waals surface area (Å²) < 4.78 is 0. The minimum Gasteiger partial charge on any atom is -0.358 e. The molecular weight excluding hydrogens is 420 g/mol. The van der Waals surface area contributed by atoms with Gasteiger partial charge in [-0.1, -0.05) is 50.6 Å². The van der Waals surface area contributed by atoms with Crippen molar-refractivity contribution in [1.29, 1.82) is 0 Å². The van der Waals surface area contributed by atoms with Crippen LogP contribution in [-0.4, -0.2) is 25.1 Å². The Morgan fingerprint density at radius 2 is 2.00 bits per heavy atom. The molecule has 0 atom stereocenters. The Hall–Kier alpha value is -3.93. The SMILES string of the molecule is C=C/C=C\c1cc(-c2n[nH]c3ccc(-c4cncc(NC(=C)C5CCCCC5)c4)nc23)[nH]c1C. The zero-order chi connectivity index (χ0) is 23.5. The van der Waals surface area contributed by atoms with Gasteiger partial charge in [0.2, 0.25) is 0 Å². The fraction of sp³-hybridized carbons (Fsp3) is 0.250. The highest BCUT2D eigenvalue weighted by Gasteiger charge is 2.17. The third kappa shape index (κ3) is 4.44. The molecule has 0 bridgehead atoms. The number of allylic oxidation sites excluding steroid dienone is 3. The van der Waals surface area contributed by atoms with Gasteiger partial charge in [0.1, 0.15) is 11.2 Å². The Bertz CT molecular complexity index is 1370. The first-order valence-corrected chi connectivity index (χ1v) is 11.9. The van der Waals surface area contributed by atoms with Gasteiger partial charge in [-0.15, -0.1) is 0 Å². The molecule has 1 aliphatic carbocycles. The van der Waals surface area contributed by atoms with Crippen LogP contribution >= 0.6 is 0 Å². The van der Waals surface area contributed by atoms with E-state index in [4.69, 9.17) is 4.98 Å². The number of nitrogens with zero attached hydrogens (tertiary/aromatic N) is 3. The molecule has 6 nitrogen and oxygen atoms in total. The lowest BCUT2D eigenvalue weighted by Gasteiger charge is -2.24. The number of aromatic amines is 2. The molecule has 0 amide bonds. The topological polar surface area (TPSA) is 82.3 Å². The molecule has 0 aromatic carbocycles. The van der Waals surface area contributed by atoms with Gasteiger partial charge in [-0.3, -0.25) is 10.1 Å². The summed E-state index contributed by atoms with van der Waals surface area (Å²) in [5.74, 6) is 0.538. The average Bonchev–Trinajstić information content (AvgIpc) is 3.46. The average molecular weight is 451 g/mol. The molecule has 0 spiro atoms. The van der Waals surface area contributed by atoms with Gasteiger partial charge >= 0.3 is 0 Å². The van der Waals surface area contributed by atoms with Crippen LogP contribution < -0.4 is 5.32 Å². The van der Waals surface area contributed by atoms with Crippen molar-refractivity contribution in [2.24, 2.45) is 5.92 Å². The van der Waals surface area contributed by atoms with Crippen molar-refractivity contribution in [2.45, 2.75) is 39.0 Å². The van der Waals surface area contributed by atoms with Crippen molar-refractivity contribution < 1.29 is 0 Å². The molecule has 1 aliphatic rings. The Balaban J connectivity index is 1.44. The van der Waals surface area contributed by atoms with Crippen LogP contribution in [0.2, 0.25) is 0 Å². The van der Waals surface area contributed by atoms with Crippen LogP contribution in [0, 0.1) is 12.8 Å². The van der Waals surface area contributed by atoms with Crippen LogP contribution in [0.15, 0.2) is 67.7 Å². The molecule has 4 aromatic heterocycles. The first-order valence-electron chi connectivity index (χ1n) is 11.9. The van der Waals surface area contributed by atoms with E-state index in [0.29, 0.717) is 5.92 Å². The number of pyridine rings is 2. The van der Waals surface area contributed by atoms with Crippen LogP contribution in [0.5, 0.6) is 0 Å². The Morgan fingerprint density at radius 3 is 2.82 bits per heavy atom. The molecular formula is C28H30N6. The van der Waals surface area contributed by atoms with E-state index >= 15 is 0 Å². The van der Waals surface area contributed by atoms with Crippen molar-refractivity contribution in [2.75, 3.05) is 5.32 Å². The first-order chi connectivity index (χ1) is 16.6. The summed E-state index contributed by atoms with van der Waals surface area (Å²) in [5, 5.41) is 11.1. The summed E-state index contributed by atoms with van der Waals surface area (Å²) >= 11 is 0. The first kappa shape index (κ1) is 21.9. The predicted molar refractivity (Wildman–Crippen MR) is 140 cm³/mol. The molecule has 4 aromatic rings. The summed E-state index contributed by atoms with van der Waals surface area (Å²) in [6.45, 7) is 10.1. The van der Waals surface area contributed by atoms with E-state index in [9.17, 15) is 0 Å². The highest BCUT2D eigenvalue weighted by molar-refractivity contribution is 5.90. The maximum Gasteiger partial charge on any atom is 0.135 e. The number of fused-ring (bicyclic) bond motifs is 1. The maximum atomic E-state index is 4.95. The monoisotopic (exact) mass is 450 g/mol. The molecule has 1 saturated carbocycles. The Kier molecular flexibility index (Phi) is 6.12. The van der Waals surface area contributed by atoms with E-state index in [-0.39, 0.29) is 0 Å². The number of hydrogen-bond acceptors (Lipinski definition) is 4. The fourth-order valence-corrected chi connectivity index (χ4v) is 4.68. The highest BCUT2D eigenvalue weighted by atomic mass is 15.1. The van der Waals surface area contributed by atoms with Crippen molar-refractivity contribution >= 4 is 22.8 Å². The Labute approximate surface area is 199 Å². The van der Waals surface area contributed by atoms with Gasteiger partial charge in [0.25, 0.3) is 0 Å². The lowest BCUT2D eigenvalue weighted by molar-refractivity contribution is 0.405. The zero-order valence-electron chi connectivity index (χ0n) is 19.6. The van der Waals surface area contributed by atoms with Gasteiger partial charge in [0.05, 0.1) is 28.8 Å². The molecule has 5 rings (SSSR count). The second-order valence-corrected chi connectivity index (χ2v) is 8.97. The van der Waals surface area contributed by atoms with Crippen LogP contribution in [0.4, 0.5) is 5.69 Å². The largest absolute Gasteiger partial charge is 0.358 e. The number of H-pyrrole nitrogens is 2.